The van der Waals surface area contributed by atoms with Gasteiger partial charge in [-0.2, -0.15) is 0 Å². The van der Waals surface area contributed by atoms with Crippen LogP contribution in [0.15, 0.2) is 18.2 Å². The number of carboxylic acids is 1. The number of carboxylic acid groups (broad SMARTS) is 1. The van der Waals surface area contributed by atoms with Gasteiger partial charge in [0.2, 0.25) is 5.91 Å². The second-order valence-corrected chi connectivity index (χ2v) is 5.56. The predicted octanol–water partition coefficient (Wildman–Crippen LogP) is 3.42. The van der Waals surface area contributed by atoms with E-state index >= 15 is 0 Å². The summed E-state index contributed by atoms with van der Waals surface area (Å²) in [6.07, 6.45) is 1.07. The van der Waals surface area contributed by atoms with Gasteiger partial charge >= 0.3 is 5.97 Å². The number of aliphatic carboxylic acids is 1. The van der Waals surface area contributed by atoms with Gasteiger partial charge < -0.3 is 10.4 Å². The lowest BCUT2D eigenvalue weighted by molar-refractivity contribution is -0.137. The van der Waals surface area contributed by atoms with Crippen molar-refractivity contribution in [2.45, 2.75) is 45.6 Å². The molecule has 0 fully saturated rings. The third-order valence-electron chi connectivity index (χ3n) is 3.33. The minimum absolute atomic E-state index is 0.0213. The summed E-state index contributed by atoms with van der Waals surface area (Å²) in [5.74, 6) is -2.58. The summed E-state index contributed by atoms with van der Waals surface area (Å²) >= 11 is 0. The van der Waals surface area contributed by atoms with Gasteiger partial charge in [0.15, 0.2) is 0 Å². The third kappa shape index (κ3) is 5.79. The number of amides is 1. The normalized spacial score (nSPS) is 12.2. The number of halogens is 2. The maximum Gasteiger partial charge on any atom is 0.303 e. The summed E-state index contributed by atoms with van der Waals surface area (Å²) in [4.78, 5) is 22.3. The molecule has 0 aromatic heterocycles. The van der Waals surface area contributed by atoms with Crippen LogP contribution in [0.25, 0.3) is 0 Å². The fraction of sp³-hybridized carbons (Fsp3) is 0.500. The maximum atomic E-state index is 13.9. The van der Waals surface area contributed by atoms with Crippen molar-refractivity contribution in [2.24, 2.45) is 5.92 Å². The van der Waals surface area contributed by atoms with Crippen molar-refractivity contribution < 1.29 is 23.5 Å². The summed E-state index contributed by atoms with van der Waals surface area (Å²) in [5, 5.41) is 11.3. The lowest BCUT2D eigenvalue weighted by Gasteiger charge is -2.23. The molecule has 0 aliphatic carbocycles. The molecular weight excluding hydrogens is 292 g/mol. The molecule has 1 aromatic carbocycles. The Hall–Kier alpha value is -1.98. The second-order valence-electron chi connectivity index (χ2n) is 5.56. The average Bonchev–Trinajstić information content (AvgIpc) is 2.41. The molecule has 1 atom stereocenters. The molecular formula is C16H21F2NO3. The van der Waals surface area contributed by atoms with Crippen LogP contribution in [0.4, 0.5) is 8.78 Å². The summed E-state index contributed by atoms with van der Waals surface area (Å²) in [5.41, 5.74) is 0.246. The van der Waals surface area contributed by atoms with Gasteiger partial charge in [-0.05, 0) is 24.8 Å². The first-order valence-corrected chi connectivity index (χ1v) is 7.27. The Morgan fingerprint density at radius 2 is 1.82 bits per heavy atom. The Balaban J connectivity index is 2.64. The third-order valence-corrected chi connectivity index (χ3v) is 3.33. The van der Waals surface area contributed by atoms with Crippen LogP contribution in [0.3, 0.4) is 0 Å². The molecule has 0 bridgehead atoms. The Labute approximate surface area is 128 Å². The van der Waals surface area contributed by atoms with Gasteiger partial charge in [-0.3, -0.25) is 9.59 Å². The first-order valence-electron chi connectivity index (χ1n) is 7.27. The fourth-order valence-corrected chi connectivity index (χ4v) is 2.16. The minimum atomic E-state index is -0.895. The highest BCUT2D eigenvalue weighted by atomic mass is 19.1. The number of benzene rings is 1. The van der Waals surface area contributed by atoms with E-state index in [1.165, 1.54) is 6.07 Å². The van der Waals surface area contributed by atoms with Crippen molar-refractivity contribution in [3.63, 3.8) is 0 Å². The summed E-state index contributed by atoms with van der Waals surface area (Å²) in [6.45, 7) is 3.66. The maximum absolute atomic E-state index is 13.9. The zero-order valence-corrected chi connectivity index (χ0v) is 12.7. The quantitative estimate of drug-likeness (QED) is 0.723. The van der Waals surface area contributed by atoms with Crippen molar-refractivity contribution in [1.29, 1.82) is 0 Å². The molecule has 6 heteroatoms. The van der Waals surface area contributed by atoms with Gasteiger partial charge in [-0.15, -0.1) is 0 Å². The van der Waals surface area contributed by atoms with E-state index in [4.69, 9.17) is 5.11 Å². The SMILES string of the molecule is CC(C)C(NC(=O)CCCCC(=O)O)c1ccc(F)cc1F. The van der Waals surface area contributed by atoms with E-state index in [2.05, 4.69) is 5.32 Å². The molecule has 1 unspecified atom stereocenters. The van der Waals surface area contributed by atoms with Gasteiger partial charge in [0.05, 0.1) is 6.04 Å². The predicted molar refractivity (Wildman–Crippen MR) is 78.2 cm³/mol. The number of nitrogens with one attached hydrogen (secondary N) is 1. The van der Waals surface area contributed by atoms with Gasteiger partial charge in [0.1, 0.15) is 11.6 Å². The molecule has 0 saturated heterocycles. The van der Waals surface area contributed by atoms with E-state index in [1.54, 1.807) is 0 Å². The Bertz CT molecular complexity index is 532. The van der Waals surface area contributed by atoms with Crippen LogP contribution in [0.2, 0.25) is 0 Å². The van der Waals surface area contributed by atoms with Gasteiger partial charge in [0.25, 0.3) is 0 Å². The average molecular weight is 313 g/mol. The van der Waals surface area contributed by atoms with Crippen LogP contribution in [-0.4, -0.2) is 17.0 Å². The number of carbonyl (C=O) groups is 2. The highest BCUT2D eigenvalue weighted by Crippen LogP contribution is 2.25. The molecule has 0 radical (unpaired) electrons. The van der Waals surface area contributed by atoms with Crippen LogP contribution in [0.5, 0.6) is 0 Å². The Kier molecular flexibility index (Phi) is 6.95. The number of carbonyl (C=O) groups excluding carboxylic acids is 1. The molecule has 0 aliphatic rings. The van der Waals surface area contributed by atoms with Gasteiger partial charge in [-0.25, -0.2) is 8.78 Å². The molecule has 0 heterocycles. The standard InChI is InChI=1S/C16H21F2NO3/c1-10(2)16(12-8-7-11(17)9-13(12)18)19-14(20)5-3-4-6-15(21)22/h7-10,16H,3-6H2,1-2H3,(H,19,20)(H,21,22). The topological polar surface area (TPSA) is 66.4 Å². The summed E-state index contributed by atoms with van der Waals surface area (Å²) < 4.78 is 26.8. The van der Waals surface area contributed by atoms with Crippen LogP contribution in [-0.2, 0) is 9.59 Å². The largest absolute Gasteiger partial charge is 0.481 e. The van der Waals surface area contributed by atoms with Crippen molar-refractivity contribution >= 4 is 11.9 Å². The van der Waals surface area contributed by atoms with E-state index in [0.717, 1.165) is 12.1 Å². The molecule has 1 aromatic rings. The molecule has 1 rings (SSSR count). The number of rotatable bonds is 8. The molecule has 0 saturated carbocycles. The van der Waals surface area contributed by atoms with Crippen molar-refractivity contribution in [3.05, 3.63) is 35.4 Å². The molecule has 22 heavy (non-hydrogen) atoms. The van der Waals surface area contributed by atoms with E-state index in [1.807, 2.05) is 13.8 Å². The molecule has 0 spiro atoms. The van der Waals surface area contributed by atoms with Crippen molar-refractivity contribution in [3.8, 4) is 0 Å². The van der Waals surface area contributed by atoms with E-state index in [0.29, 0.717) is 12.8 Å². The van der Waals surface area contributed by atoms with Crippen LogP contribution in [0, 0.1) is 17.6 Å². The summed E-state index contributed by atoms with van der Waals surface area (Å²) in [6, 6.07) is 2.74. The molecule has 2 N–H and O–H groups in total. The van der Waals surface area contributed by atoms with Crippen LogP contribution in [0.1, 0.15) is 51.1 Å². The zero-order valence-electron chi connectivity index (χ0n) is 12.7. The van der Waals surface area contributed by atoms with Crippen molar-refractivity contribution in [2.75, 3.05) is 0 Å². The Morgan fingerprint density at radius 3 is 2.36 bits per heavy atom. The van der Waals surface area contributed by atoms with E-state index < -0.39 is 23.6 Å². The van der Waals surface area contributed by atoms with Crippen LogP contribution < -0.4 is 5.32 Å². The number of hydrogen-bond donors (Lipinski definition) is 2. The lowest BCUT2D eigenvalue weighted by Crippen LogP contribution is -2.32. The monoisotopic (exact) mass is 313 g/mol. The highest BCUT2D eigenvalue weighted by Gasteiger charge is 2.21. The first-order chi connectivity index (χ1) is 10.3. The molecule has 4 nitrogen and oxygen atoms in total. The molecule has 1 amide bonds. The summed E-state index contributed by atoms with van der Waals surface area (Å²) in [7, 11) is 0. The fourth-order valence-electron chi connectivity index (χ4n) is 2.16. The lowest BCUT2D eigenvalue weighted by atomic mass is 9.95. The van der Waals surface area contributed by atoms with Gasteiger partial charge in [-0.1, -0.05) is 19.9 Å². The van der Waals surface area contributed by atoms with Crippen LogP contribution >= 0.6 is 0 Å². The van der Waals surface area contributed by atoms with E-state index in [-0.39, 0.29) is 30.2 Å². The smallest absolute Gasteiger partial charge is 0.303 e. The molecule has 0 aliphatic heterocycles. The molecule has 122 valence electrons. The number of unbranched alkanes of at least 4 members (excludes halogenated alkanes) is 1. The zero-order chi connectivity index (χ0) is 16.7. The highest BCUT2D eigenvalue weighted by molar-refractivity contribution is 5.76. The second kappa shape index (κ2) is 8.46. The number of hydrogen-bond acceptors (Lipinski definition) is 2. The Morgan fingerprint density at radius 1 is 1.18 bits per heavy atom. The van der Waals surface area contributed by atoms with Crippen molar-refractivity contribution in [1.82, 2.24) is 5.32 Å². The van der Waals surface area contributed by atoms with E-state index in [9.17, 15) is 18.4 Å². The van der Waals surface area contributed by atoms with Gasteiger partial charge in [0, 0.05) is 24.5 Å². The first kappa shape index (κ1) is 18.1. The minimum Gasteiger partial charge on any atom is -0.481 e.